The monoisotopic (exact) mass is 351 g/mol. The van der Waals surface area contributed by atoms with Gasteiger partial charge in [-0.05, 0) is 57.0 Å². The molecule has 0 amide bonds. The molecular weight excluding hydrogens is 330 g/mol. The van der Waals surface area contributed by atoms with Gasteiger partial charge in [0.05, 0.1) is 5.75 Å². The number of thioether (sulfide) groups is 1. The molecule has 0 aliphatic carbocycles. The zero-order valence-corrected chi connectivity index (χ0v) is 15.7. The quantitative estimate of drug-likeness (QED) is 0.502. The van der Waals surface area contributed by atoms with Crippen molar-refractivity contribution in [2.24, 2.45) is 0 Å². The maximum absolute atomic E-state index is 12.6. The van der Waals surface area contributed by atoms with E-state index in [9.17, 15) is 4.79 Å². The first kappa shape index (κ1) is 17.4. The molecule has 0 aliphatic heterocycles. The minimum atomic E-state index is 0.114. The number of hydrogen-bond acceptors (Lipinski definition) is 4. The molecular formula is C20H21N3OS. The maximum Gasteiger partial charge on any atom is 0.196 e. The van der Waals surface area contributed by atoms with E-state index in [2.05, 4.69) is 29.3 Å². The van der Waals surface area contributed by atoms with Crippen molar-refractivity contribution < 1.29 is 4.79 Å². The van der Waals surface area contributed by atoms with Gasteiger partial charge in [0.15, 0.2) is 10.9 Å². The van der Waals surface area contributed by atoms with Gasteiger partial charge in [0.1, 0.15) is 5.82 Å². The fraction of sp³-hybridized carbons (Fsp3) is 0.250. The zero-order chi connectivity index (χ0) is 18.0. The summed E-state index contributed by atoms with van der Waals surface area (Å²) >= 11 is 1.43. The summed E-state index contributed by atoms with van der Waals surface area (Å²) in [5.74, 6) is 1.27. The van der Waals surface area contributed by atoms with E-state index in [1.165, 1.54) is 17.3 Å². The summed E-state index contributed by atoms with van der Waals surface area (Å²) in [6, 6.07) is 14.2. The summed E-state index contributed by atoms with van der Waals surface area (Å²) in [7, 11) is 0. The van der Waals surface area contributed by atoms with E-state index in [1.54, 1.807) is 0 Å². The number of aromatic nitrogens is 3. The molecule has 1 heterocycles. The van der Waals surface area contributed by atoms with Crippen LogP contribution in [0.2, 0.25) is 0 Å². The molecule has 0 N–H and O–H groups in total. The first-order chi connectivity index (χ1) is 12.0. The molecule has 0 radical (unpaired) electrons. The molecule has 0 saturated carbocycles. The van der Waals surface area contributed by atoms with Gasteiger partial charge >= 0.3 is 0 Å². The third-order valence-corrected chi connectivity index (χ3v) is 5.01. The van der Waals surface area contributed by atoms with Crippen LogP contribution in [-0.2, 0) is 0 Å². The number of nitrogens with zero attached hydrogens (tertiary/aromatic N) is 3. The zero-order valence-electron chi connectivity index (χ0n) is 14.9. The predicted molar refractivity (Wildman–Crippen MR) is 102 cm³/mol. The SMILES string of the molecule is Cc1cccc(-n2c(C)nnc2SCC(=O)c2cc(C)ccc2C)c1. The van der Waals surface area contributed by atoms with Crippen LogP contribution < -0.4 is 0 Å². The van der Waals surface area contributed by atoms with Gasteiger partial charge in [-0.1, -0.05) is 41.6 Å². The molecule has 3 rings (SSSR count). The molecule has 0 bridgehead atoms. The maximum atomic E-state index is 12.6. The number of carbonyl (C=O) groups is 1. The van der Waals surface area contributed by atoms with Crippen molar-refractivity contribution in [3.63, 3.8) is 0 Å². The molecule has 5 heteroatoms. The van der Waals surface area contributed by atoms with Crippen molar-refractivity contribution in [2.75, 3.05) is 5.75 Å². The molecule has 0 unspecified atom stereocenters. The number of hydrogen-bond donors (Lipinski definition) is 0. The minimum Gasteiger partial charge on any atom is -0.293 e. The van der Waals surface area contributed by atoms with Gasteiger partial charge in [-0.15, -0.1) is 10.2 Å². The van der Waals surface area contributed by atoms with E-state index in [1.807, 2.05) is 55.7 Å². The molecule has 0 saturated heterocycles. The number of benzene rings is 2. The first-order valence-corrected chi connectivity index (χ1v) is 9.16. The normalized spacial score (nSPS) is 10.9. The Morgan fingerprint density at radius 2 is 1.76 bits per heavy atom. The Balaban J connectivity index is 1.83. The molecule has 2 aromatic carbocycles. The molecule has 0 atom stereocenters. The smallest absolute Gasteiger partial charge is 0.196 e. The van der Waals surface area contributed by atoms with Crippen LogP contribution >= 0.6 is 11.8 Å². The lowest BCUT2D eigenvalue weighted by atomic mass is 10.0. The minimum absolute atomic E-state index is 0.114. The van der Waals surface area contributed by atoms with Crippen molar-refractivity contribution in [1.29, 1.82) is 0 Å². The second kappa shape index (κ2) is 7.23. The van der Waals surface area contributed by atoms with E-state index in [-0.39, 0.29) is 5.78 Å². The Labute approximate surface area is 152 Å². The van der Waals surface area contributed by atoms with Crippen LogP contribution in [0.25, 0.3) is 5.69 Å². The lowest BCUT2D eigenvalue weighted by Crippen LogP contribution is -2.07. The van der Waals surface area contributed by atoms with E-state index in [0.29, 0.717) is 5.75 Å². The van der Waals surface area contributed by atoms with E-state index < -0.39 is 0 Å². The Morgan fingerprint density at radius 3 is 2.52 bits per heavy atom. The molecule has 0 aliphatic rings. The predicted octanol–water partition coefficient (Wildman–Crippen LogP) is 4.48. The number of carbonyl (C=O) groups excluding carboxylic acids is 1. The number of Topliss-reactive ketones (excluding diaryl/α,β-unsaturated/α-hetero) is 1. The number of rotatable bonds is 5. The van der Waals surface area contributed by atoms with Crippen LogP contribution in [0, 0.1) is 27.7 Å². The molecule has 128 valence electrons. The van der Waals surface area contributed by atoms with Crippen LogP contribution in [0.15, 0.2) is 47.6 Å². The Kier molecular flexibility index (Phi) is 5.04. The molecule has 0 fully saturated rings. The van der Waals surface area contributed by atoms with Crippen LogP contribution in [-0.4, -0.2) is 26.3 Å². The lowest BCUT2D eigenvalue weighted by Gasteiger charge is -2.09. The van der Waals surface area contributed by atoms with E-state index >= 15 is 0 Å². The molecule has 1 aromatic heterocycles. The van der Waals surface area contributed by atoms with Crippen molar-refractivity contribution in [2.45, 2.75) is 32.9 Å². The fourth-order valence-electron chi connectivity index (χ4n) is 2.74. The Hall–Kier alpha value is -2.40. The van der Waals surface area contributed by atoms with Crippen molar-refractivity contribution in [3.8, 4) is 5.69 Å². The van der Waals surface area contributed by atoms with Crippen molar-refractivity contribution in [3.05, 3.63) is 70.5 Å². The highest BCUT2D eigenvalue weighted by Gasteiger charge is 2.15. The van der Waals surface area contributed by atoms with Crippen LogP contribution in [0.5, 0.6) is 0 Å². The average Bonchev–Trinajstić information content (AvgIpc) is 2.95. The average molecular weight is 351 g/mol. The highest BCUT2D eigenvalue weighted by molar-refractivity contribution is 7.99. The Morgan fingerprint density at radius 1 is 1.00 bits per heavy atom. The van der Waals surface area contributed by atoms with E-state index in [0.717, 1.165) is 33.4 Å². The van der Waals surface area contributed by atoms with Gasteiger partial charge < -0.3 is 0 Å². The van der Waals surface area contributed by atoms with E-state index in [4.69, 9.17) is 0 Å². The highest BCUT2D eigenvalue weighted by Crippen LogP contribution is 2.24. The summed E-state index contributed by atoms with van der Waals surface area (Å²) in [6.07, 6.45) is 0. The summed E-state index contributed by atoms with van der Waals surface area (Å²) in [6.45, 7) is 7.95. The van der Waals surface area contributed by atoms with Gasteiger partial charge in [0.2, 0.25) is 0 Å². The second-order valence-electron chi connectivity index (χ2n) is 6.23. The summed E-state index contributed by atoms with van der Waals surface area (Å²) in [4.78, 5) is 12.6. The van der Waals surface area contributed by atoms with Crippen LogP contribution in [0.1, 0.15) is 32.9 Å². The highest BCUT2D eigenvalue weighted by atomic mass is 32.2. The van der Waals surface area contributed by atoms with Gasteiger partial charge in [-0.25, -0.2) is 0 Å². The standard InChI is InChI=1S/C20H21N3OS/c1-13-6-5-7-17(10-13)23-16(4)21-22-20(23)25-12-19(24)18-11-14(2)8-9-15(18)3/h5-11H,12H2,1-4H3. The first-order valence-electron chi connectivity index (χ1n) is 8.18. The molecule has 4 nitrogen and oxygen atoms in total. The largest absolute Gasteiger partial charge is 0.293 e. The van der Waals surface area contributed by atoms with Gasteiger partial charge in [0, 0.05) is 11.3 Å². The van der Waals surface area contributed by atoms with Crippen molar-refractivity contribution in [1.82, 2.24) is 14.8 Å². The topological polar surface area (TPSA) is 47.8 Å². The summed E-state index contributed by atoms with van der Waals surface area (Å²) in [5, 5.41) is 9.17. The van der Waals surface area contributed by atoms with Gasteiger partial charge in [0.25, 0.3) is 0 Å². The molecule has 25 heavy (non-hydrogen) atoms. The third kappa shape index (κ3) is 3.82. The number of aryl methyl sites for hydroxylation is 4. The van der Waals surface area contributed by atoms with Gasteiger partial charge in [-0.2, -0.15) is 0 Å². The fourth-order valence-corrected chi connectivity index (χ4v) is 3.63. The molecule has 0 spiro atoms. The third-order valence-electron chi connectivity index (χ3n) is 4.08. The summed E-state index contributed by atoms with van der Waals surface area (Å²) < 4.78 is 1.99. The second-order valence-corrected chi connectivity index (χ2v) is 7.18. The Bertz CT molecular complexity index is 930. The van der Waals surface area contributed by atoms with Crippen LogP contribution in [0.4, 0.5) is 0 Å². The van der Waals surface area contributed by atoms with Gasteiger partial charge in [-0.3, -0.25) is 9.36 Å². The number of ketones is 1. The van der Waals surface area contributed by atoms with Crippen molar-refractivity contribution >= 4 is 17.5 Å². The molecule has 3 aromatic rings. The van der Waals surface area contributed by atoms with Crippen LogP contribution in [0.3, 0.4) is 0 Å². The lowest BCUT2D eigenvalue weighted by molar-refractivity contribution is 0.102. The summed E-state index contributed by atoms with van der Waals surface area (Å²) in [5.41, 5.74) is 5.08.